The van der Waals surface area contributed by atoms with Crippen LogP contribution in [0.1, 0.15) is 21.5 Å². The third-order valence-electron chi connectivity index (χ3n) is 2.08. The molecule has 0 aromatic carbocycles. The minimum atomic E-state index is -5.41. The van der Waals surface area contributed by atoms with E-state index in [2.05, 4.69) is 9.72 Å². The molecule has 1 heterocycles. The normalized spacial score (nSPS) is 12.3. The van der Waals surface area contributed by atoms with E-state index < -0.39 is 47.6 Å². The van der Waals surface area contributed by atoms with E-state index in [4.69, 9.17) is 10.8 Å². The number of aromatic nitrogens is 1. The van der Waals surface area contributed by atoms with Crippen LogP contribution in [-0.2, 0) is 12.7 Å². The van der Waals surface area contributed by atoms with Crippen LogP contribution in [0.2, 0.25) is 0 Å². The first-order valence-corrected chi connectivity index (χ1v) is 4.75. The SMILES string of the molecule is NCc1c(C(=O)O)cnc(OC(F)(F)F)c1C(F)(F)F. The topological polar surface area (TPSA) is 85.4 Å². The van der Waals surface area contributed by atoms with Gasteiger partial charge in [-0.05, 0) is 5.56 Å². The minimum absolute atomic E-state index is 0.320. The molecule has 1 aromatic heterocycles. The summed E-state index contributed by atoms with van der Waals surface area (Å²) in [7, 11) is 0. The number of rotatable bonds is 3. The Balaban J connectivity index is 3.59. The monoisotopic (exact) mass is 304 g/mol. The van der Waals surface area contributed by atoms with Crippen LogP contribution in [0.3, 0.4) is 0 Å². The number of ether oxygens (including phenoxy) is 1. The van der Waals surface area contributed by atoms with Gasteiger partial charge in [-0.1, -0.05) is 0 Å². The standard InChI is InChI=1S/C9H6F6N2O3/c10-8(11,12)5-3(1-16)4(7(18)19)2-17-6(5)20-9(13,14)15/h2H,1,16H2,(H,18,19). The van der Waals surface area contributed by atoms with Gasteiger partial charge >= 0.3 is 18.5 Å². The van der Waals surface area contributed by atoms with Crippen LogP contribution in [-0.4, -0.2) is 22.4 Å². The summed E-state index contributed by atoms with van der Waals surface area (Å²) in [5.74, 6) is -3.60. The van der Waals surface area contributed by atoms with Crippen LogP contribution in [0.25, 0.3) is 0 Å². The lowest BCUT2D eigenvalue weighted by molar-refractivity contribution is -0.277. The second-order valence-corrected chi connectivity index (χ2v) is 3.39. The van der Waals surface area contributed by atoms with Gasteiger partial charge in [-0.25, -0.2) is 9.78 Å². The first-order chi connectivity index (χ1) is 8.97. The van der Waals surface area contributed by atoms with Crippen molar-refractivity contribution >= 4 is 5.97 Å². The smallest absolute Gasteiger partial charge is 0.478 e. The number of hydrogen-bond acceptors (Lipinski definition) is 4. The lowest BCUT2D eigenvalue weighted by Gasteiger charge is -2.18. The number of pyridine rings is 1. The molecule has 0 aliphatic carbocycles. The van der Waals surface area contributed by atoms with Gasteiger partial charge in [0.2, 0.25) is 5.88 Å². The summed E-state index contributed by atoms with van der Waals surface area (Å²) in [4.78, 5) is 13.5. The summed E-state index contributed by atoms with van der Waals surface area (Å²) in [6.45, 7) is -0.951. The number of halogens is 6. The average Bonchev–Trinajstić information content (AvgIpc) is 2.23. The molecule has 0 radical (unpaired) electrons. The molecule has 0 saturated heterocycles. The number of carboxylic acid groups (broad SMARTS) is 1. The number of aromatic carboxylic acids is 1. The Kier molecular flexibility index (Phi) is 4.12. The molecule has 0 saturated carbocycles. The Bertz CT molecular complexity index is 526. The third-order valence-corrected chi connectivity index (χ3v) is 2.08. The molecule has 0 unspecified atom stereocenters. The van der Waals surface area contributed by atoms with Gasteiger partial charge in [0.1, 0.15) is 5.56 Å². The maximum absolute atomic E-state index is 12.8. The first-order valence-electron chi connectivity index (χ1n) is 4.75. The summed E-state index contributed by atoms with van der Waals surface area (Å²) in [6.07, 6.45) is -10.4. The van der Waals surface area contributed by atoms with Gasteiger partial charge < -0.3 is 15.6 Å². The molecule has 20 heavy (non-hydrogen) atoms. The molecule has 0 aliphatic rings. The van der Waals surface area contributed by atoms with E-state index in [1.807, 2.05) is 0 Å². The maximum atomic E-state index is 12.8. The van der Waals surface area contributed by atoms with Crippen LogP contribution < -0.4 is 10.5 Å². The highest BCUT2D eigenvalue weighted by molar-refractivity contribution is 5.89. The van der Waals surface area contributed by atoms with Crippen molar-refractivity contribution in [3.05, 3.63) is 22.9 Å². The van der Waals surface area contributed by atoms with E-state index in [0.29, 0.717) is 6.20 Å². The molecule has 112 valence electrons. The summed E-state index contributed by atoms with van der Waals surface area (Å²) < 4.78 is 77.6. The Morgan fingerprint density at radius 1 is 1.30 bits per heavy atom. The van der Waals surface area contributed by atoms with Crippen LogP contribution in [0, 0.1) is 0 Å². The van der Waals surface area contributed by atoms with E-state index >= 15 is 0 Å². The van der Waals surface area contributed by atoms with Gasteiger partial charge in [-0.2, -0.15) is 13.2 Å². The van der Waals surface area contributed by atoms with E-state index in [-0.39, 0.29) is 0 Å². The molecular weight excluding hydrogens is 298 g/mol. The Labute approximate surface area is 107 Å². The van der Waals surface area contributed by atoms with Crippen LogP contribution in [0.4, 0.5) is 26.3 Å². The van der Waals surface area contributed by atoms with E-state index in [1.54, 1.807) is 0 Å². The molecule has 5 nitrogen and oxygen atoms in total. The Morgan fingerprint density at radius 2 is 1.85 bits per heavy atom. The number of hydrogen-bond donors (Lipinski definition) is 2. The fourth-order valence-corrected chi connectivity index (χ4v) is 1.41. The highest BCUT2D eigenvalue weighted by Crippen LogP contribution is 2.40. The summed E-state index contributed by atoms with van der Waals surface area (Å²) >= 11 is 0. The predicted octanol–water partition coefficient (Wildman–Crippen LogP) is 2.16. The van der Waals surface area contributed by atoms with Crippen molar-refractivity contribution in [3.63, 3.8) is 0 Å². The van der Waals surface area contributed by atoms with Crippen molar-refractivity contribution < 1.29 is 41.0 Å². The van der Waals surface area contributed by atoms with Gasteiger partial charge in [-0.15, -0.1) is 13.2 Å². The van der Waals surface area contributed by atoms with E-state index in [0.717, 1.165) is 0 Å². The molecule has 0 fully saturated rings. The van der Waals surface area contributed by atoms with Gasteiger partial charge in [0, 0.05) is 12.7 Å². The summed E-state index contributed by atoms with van der Waals surface area (Å²) in [5, 5.41) is 8.68. The Hall–Kier alpha value is -2.04. The lowest BCUT2D eigenvalue weighted by atomic mass is 10.0. The van der Waals surface area contributed by atoms with Crippen molar-refractivity contribution in [1.82, 2.24) is 4.98 Å². The summed E-state index contributed by atoms with van der Waals surface area (Å²) in [6, 6.07) is 0. The van der Waals surface area contributed by atoms with Crippen LogP contribution >= 0.6 is 0 Å². The molecule has 0 spiro atoms. The van der Waals surface area contributed by atoms with E-state index in [9.17, 15) is 31.1 Å². The number of carboxylic acids is 1. The minimum Gasteiger partial charge on any atom is -0.478 e. The van der Waals surface area contributed by atoms with Crippen molar-refractivity contribution in [2.75, 3.05) is 0 Å². The molecular formula is C9H6F6N2O3. The van der Waals surface area contributed by atoms with Crippen LogP contribution in [0.5, 0.6) is 5.88 Å². The Morgan fingerprint density at radius 3 is 2.20 bits per heavy atom. The van der Waals surface area contributed by atoms with Crippen molar-refractivity contribution in [2.24, 2.45) is 5.73 Å². The molecule has 0 amide bonds. The quantitative estimate of drug-likeness (QED) is 0.836. The zero-order valence-corrected chi connectivity index (χ0v) is 9.34. The van der Waals surface area contributed by atoms with Crippen molar-refractivity contribution in [2.45, 2.75) is 19.1 Å². The number of nitrogens with zero attached hydrogens (tertiary/aromatic N) is 1. The van der Waals surface area contributed by atoms with Gasteiger partial charge in [0.05, 0.1) is 5.56 Å². The van der Waals surface area contributed by atoms with Gasteiger partial charge in [0.25, 0.3) is 0 Å². The second kappa shape index (κ2) is 5.15. The van der Waals surface area contributed by atoms with Crippen LogP contribution in [0.15, 0.2) is 6.20 Å². The number of alkyl halides is 6. The highest BCUT2D eigenvalue weighted by atomic mass is 19.4. The third kappa shape index (κ3) is 3.50. The van der Waals surface area contributed by atoms with Crippen molar-refractivity contribution in [3.8, 4) is 5.88 Å². The molecule has 1 aromatic rings. The molecule has 1 rings (SSSR count). The number of carbonyl (C=O) groups is 1. The van der Waals surface area contributed by atoms with Crippen molar-refractivity contribution in [1.29, 1.82) is 0 Å². The zero-order chi connectivity index (χ0) is 15.7. The zero-order valence-electron chi connectivity index (χ0n) is 9.34. The van der Waals surface area contributed by atoms with E-state index in [1.165, 1.54) is 0 Å². The van der Waals surface area contributed by atoms with Gasteiger partial charge in [-0.3, -0.25) is 0 Å². The maximum Gasteiger partial charge on any atom is 0.574 e. The van der Waals surface area contributed by atoms with Gasteiger partial charge in [0.15, 0.2) is 0 Å². The first kappa shape index (κ1) is 16.0. The lowest BCUT2D eigenvalue weighted by Crippen LogP contribution is -2.24. The summed E-state index contributed by atoms with van der Waals surface area (Å²) in [5.41, 5.74) is 1.04. The molecule has 3 N–H and O–H groups in total. The highest BCUT2D eigenvalue weighted by Gasteiger charge is 2.43. The molecule has 0 atom stereocenters. The molecule has 0 bridgehead atoms. The fourth-order valence-electron chi connectivity index (χ4n) is 1.41. The number of nitrogens with two attached hydrogens (primary N) is 1. The molecule has 0 aliphatic heterocycles. The molecule has 11 heteroatoms. The average molecular weight is 304 g/mol. The predicted molar refractivity (Wildman–Crippen MR) is 50.8 cm³/mol. The fraction of sp³-hybridized carbons (Fsp3) is 0.333. The second-order valence-electron chi connectivity index (χ2n) is 3.39. The largest absolute Gasteiger partial charge is 0.574 e.